The number of nitro groups is 1. The molecule has 0 unspecified atom stereocenters. The lowest BCUT2D eigenvalue weighted by atomic mass is 10.1. The zero-order chi connectivity index (χ0) is 18.5. The number of hydrogen-bond donors (Lipinski definition) is 3. The first kappa shape index (κ1) is 17.9. The molecule has 0 radical (unpaired) electrons. The average molecular weight is 375 g/mol. The topological polar surface area (TPSA) is 106 Å². The number of benzene rings is 2. The summed E-state index contributed by atoms with van der Waals surface area (Å²) in [7, 11) is 0. The summed E-state index contributed by atoms with van der Waals surface area (Å²) in [6.07, 6.45) is -0.832. The van der Waals surface area contributed by atoms with E-state index in [4.69, 9.17) is 21.7 Å². The number of non-ortho nitro benzene ring substituents is 1. The predicted octanol–water partition coefficient (Wildman–Crippen LogP) is 2.02. The van der Waals surface area contributed by atoms with Crippen LogP contribution in [0.3, 0.4) is 0 Å². The Morgan fingerprint density at radius 2 is 1.92 bits per heavy atom. The number of aliphatic hydroxyl groups excluding tert-OH is 1. The maximum atomic E-state index is 10.6. The number of hydrogen-bond acceptors (Lipinski definition) is 6. The summed E-state index contributed by atoms with van der Waals surface area (Å²) in [6, 6.07) is 11.4. The van der Waals surface area contributed by atoms with Crippen LogP contribution in [0.1, 0.15) is 17.2 Å². The Labute approximate surface area is 154 Å². The van der Waals surface area contributed by atoms with Crippen molar-refractivity contribution in [2.24, 2.45) is 0 Å². The van der Waals surface area contributed by atoms with E-state index in [1.807, 2.05) is 18.2 Å². The van der Waals surface area contributed by atoms with E-state index >= 15 is 0 Å². The Bertz CT molecular complexity index is 813. The van der Waals surface area contributed by atoms with Crippen molar-refractivity contribution in [3.05, 3.63) is 63.7 Å². The van der Waals surface area contributed by atoms with Gasteiger partial charge in [-0.25, -0.2) is 0 Å². The van der Waals surface area contributed by atoms with Crippen LogP contribution >= 0.6 is 12.2 Å². The van der Waals surface area contributed by atoms with Crippen LogP contribution in [-0.2, 0) is 6.54 Å². The first-order chi connectivity index (χ1) is 12.5. The van der Waals surface area contributed by atoms with Crippen LogP contribution in [0.5, 0.6) is 11.5 Å². The predicted molar refractivity (Wildman–Crippen MR) is 98.1 cm³/mol. The van der Waals surface area contributed by atoms with Crippen LogP contribution in [0.15, 0.2) is 42.5 Å². The van der Waals surface area contributed by atoms with E-state index in [1.165, 1.54) is 24.3 Å². The van der Waals surface area contributed by atoms with Gasteiger partial charge in [0.1, 0.15) is 0 Å². The lowest BCUT2D eigenvalue weighted by Gasteiger charge is -2.15. The third kappa shape index (κ3) is 4.38. The summed E-state index contributed by atoms with van der Waals surface area (Å²) < 4.78 is 10.6. The lowest BCUT2D eigenvalue weighted by Crippen LogP contribution is -2.37. The Balaban J connectivity index is 1.45. The van der Waals surface area contributed by atoms with E-state index in [-0.39, 0.29) is 19.0 Å². The molecule has 1 aliphatic rings. The second-order valence-electron chi connectivity index (χ2n) is 5.62. The number of aliphatic hydroxyl groups is 1. The molecule has 0 aliphatic carbocycles. The third-order valence-electron chi connectivity index (χ3n) is 3.83. The monoisotopic (exact) mass is 375 g/mol. The van der Waals surface area contributed by atoms with Crippen molar-refractivity contribution in [1.29, 1.82) is 0 Å². The lowest BCUT2D eigenvalue weighted by molar-refractivity contribution is -0.384. The van der Waals surface area contributed by atoms with E-state index in [2.05, 4.69) is 10.6 Å². The Hall–Kier alpha value is -2.91. The third-order valence-corrected chi connectivity index (χ3v) is 4.12. The first-order valence-corrected chi connectivity index (χ1v) is 8.26. The minimum Gasteiger partial charge on any atom is -0.454 e. The Morgan fingerprint density at radius 3 is 2.65 bits per heavy atom. The molecule has 0 bridgehead atoms. The number of nitro benzene ring substituents is 1. The fourth-order valence-electron chi connectivity index (χ4n) is 2.42. The molecule has 0 aromatic heterocycles. The highest BCUT2D eigenvalue weighted by Crippen LogP contribution is 2.32. The molecule has 3 N–H and O–H groups in total. The van der Waals surface area contributed by atoms with Gasteiger partial charge in [0.25, 0.3) is 5.69 Å². The zero-order valence-corrected chi connectivity index (χ0v) is 14.5. The molecule has 9 heteroatoms. The summed E-state index contributed by atoms with van der Waals surface area (Å²) in [5.41, 5.74) is 1.53. The SMILES string of the molecule is O=[N+]([O-])c1ccc([C@@H](O)CNC(=S)NCc2ccc3c(c2)OCO3)cc1. The maximum Gasteiger partial charge on any atom is 0.269 e. The van der Waals surface area contributed by atoms with Gasteiger partial charge in [-0.05, 0) is 47.6 Å². The van der Waals surface area contributed by atoms with Crippen LogP contribution in [0.4, 0.5) is 5.69 Å². The van der Waals surface area contributed by atoms with Gasteiger partial charge in [0.15, 0.2) is 16.6 Å². The van der Waals surface area contributed by atoms with Gasteiger partial charge in [0, 0.05) is 25.2 Å². The Morgan fingerprint density at radius 1 is 1.19 bits per heavy atom. The molecule has 0 saturated carbocycles. The largest absolute Gasteiger partial charge is 0.454 e. The van der Waals surface area contributed by atoms with Gasteiger partial charge in [-0.2, -0.15) is 0 Å². The van der Waals surface area contributed by atoms with Crippen LogP contribution in [0, 0.1) is 10.1 Å². The number of ether oxygens (including phenoxy) is 2. The van der Waals surface area contributed by atoms with Crippen molar-refractivity contribution < 1.29 is 19.5 Å². The molecule has 1 atom stereocenters. The fourth-order valence-corrected chi connectivity index (χ4v) is 2.58. The van der Waals surface area contributed by atoms with Gasteiger partial charge in [0.05, 0.1) is 11.0 Å². The van der Waals surface area contributed by atoms with Gasteiger partial charge < -0.3 is 25.2 Å². The number of nitrogens with zero attached hydrogens (tertiary/aromatic N) is 1. The fraction of sp³-hybridized carbons (Fsp3) is 0.235. The molecule has 0 amide bonds. The van der Waals surface area contributed by atoms with E-state index in [9.17, 15) is 15.2 Å². The van der Waals surface area contributed by atoms with E-state index in [0.717, 1.165) is 11.3 Å². The van der Waals surface area contributed by atoms with Gasteiger partial charge >= 0.3 is 0 Å². The molecule has 3 rings (SSSR count). The van der Waals surface area contributed by atoms with Crippen molar-refractivity contribution in [3.8, 4) is 11.5 Å². The van der Waals surface area contributed by atoms with E-state index in [1.54, 1.807) is 0 Å². The van der Waals surface area contributed by atoms with Gasteiger partial charge in [-0.1, -0.05) is 6.07 Å². The number of nitrogens with one attached hydrogen (secondary N) is 2. The van der Waals surface area contributed by atoms with Gasteiger partial charge in [-0.3, -0.25) is 10.1 Å². The van der Waals surface area contributed by atoms with Gasteiger partial charge in [-0.15, -0.1) is 0 Å². The normalized spacial score (nSPS) is 13.1. The van der Waals surface area contributed by atoms with Gasteiger partial charge in [0.2, 0.25) is 6.79 Å². The molecule has 8 nitrogen and oxygen atoms in total. The molecule has 1 heterocycles. The molecular formula is C17H17N3O5S. The summed E-state index contributed by atoms with van der Waals surface area (Å²) in [6.45, 7) is 0.910. The molecule has 1 aliphatic heterocycles. The highest BCUT2D eigenvalue weighted by molar-refractivity contribution is 7.80. The second kappa shape index (κ2) is 7.98. The van der Waals surface area contributed by atoms with Crippen LogP contribution < -0.4 is 20.1 Å². The summed E-state index contributed by atoms with van der Waals surface area (Å²) in [5.74, 6) is 1.43. The highest BCUT2D eigenvalue weighted by Gasteiger charge is 2.14. The van der Waals surface area contributed by atoms with Crippen LogP contribution in [0.2, 0.25) is 0 Å². The molecule has 0 fully saturated rings. The van der Waals surface area contributed by atoms with Crippen molar-refractivity contribution in [3.63, 3.8) is 0 Å². The molecule has 0 saturated heterocycles. The minimum absolute atomic E-state index is 0.0187. The molecular weight excluding hydrogens is 358 g/mol. The highest BCUT2D eigenvalue weighted by atomic mass is 32.1. The summed E-state index contributed by atoms with van der Waals surface area (Å²) in [5, 5.41) is 27.1. The smallest absolute Gasteiger partial charge is 0.269 e. The number of fused-ring (bicyclic) bond motifs is 1. The molecule has 2 aromatic carbocycles. The molecule has 2 aromatic rings. The second-order valence-corrected chi connectivity index (χ2v) is 6.02. The average Bonchev–Trinajstić information content (AvgIpc) is 3.12. The maximum absolute atomic E-state index is 10.6. The van der Waals surface area contributed by atoms with Crippen LogP contribution in [0.25, 0.3) is 0 Å². The first-order valence-electron chi connectivity index (χ1n) is 7.85. The molecule has 0 spiro atoms. The molecule has 26 heavy (non-hydrogen) atoms. The summed E-state index contributed by atoms with van der Waals surface area (Å²) in [4.78, 5) is 10.2. The van der Waals surface area contributed by atoms with Crippen molar-refractivity contribution >= 4 is 23.0 Å². The number of rotatable bonds is 6. The van der Waals surface area contributed by atoms with E-state index in [0.29, 0.717) is 23.0 Å². The van der Waals surface area contributed by atoms with Crippen molar-refractivity contribution in [2.75, 3.05) is 13.3 Å². The standard InChI is InChI=1S/C17H17N3O5S/c21-14(12-2-4-13(5-3-12)20(22)23)9-19-17(26)18-8-11-1-6-15-16(7-11)25-10-24-15/h1-7,14,21H,8-10H2,(H2,18,19,26)/t14-/m0/s1. The van der Waals surface area contributed by atoms with Crippen LogP contribution in [-0.4, -0.2) is 28.5 Å². The molecule has 136 valence electrons. The number of thiocarbonyl (C=S) groups is 1. The quantitative estimate of drug-likeness (QED) is 0.400. The summed E-state index contributed by atoms with van der Waals surface area (Å²) >= 11 is 5.20. The zero-order valence-electron chi connectivity index (χ0n) is 13.7. The van der Waals surface area contributed by atoms with Crippen molar-refractivity contribution in [2.45, 2.75) is 12.6 Å². The Kier molecular flexibility index (Phi) is 5.49. The van der Waals surface area contributed by atoms with E-state index < -0.39 is 11.0 Å². The minimum atomic E-state index is -0.832. The van der Waals surface area contributed by atoms with Crippen molar-refractivity contribution in [1.82, 2.24) is 10.6 Å².